The molecule has 0 radical (unpaired) electrons. The van der Waals surface area contributed by atoms with Gasteiger partial charge in [-0.25, -0.2) is 4.98 Å². The molecule has 0 amide bonds. The molecule has 0 bridgehead atoms. The zero-order valence-electron chi connectivity index (χ0n) is 9.23. The summed E-state index contributed by atoms with van der Waals surface area (Å²) in [7, 11) is 0. The molecule has 0 spiro atoms. The van der Waals surface area contributed by atoms with E-state index in [9.17, 15) is 4.79 Å². The van der Waals surface area contributed by atoms with Gasteiger partial charge in [0.2, 0.25) is 0 Å². The summed E-state index contributed by atoms with van der Waals surface area (Å²) in [6.07, 6.45) is 2.79. The molecule has 1 unspecified atom stereocenters. The minimum atomic E-state index is -0.725. The SMILES string of the molecule is CCCSCc1nc2c(s1)CCC2C(=O)O. The van der Waals surface area contributed by atoms with Gasteiger partial charge in [0, 0.05) is 10.6 Å². The van der Waals surface area contributed by atoms with Crippen molar-refractivity contribution in [2.45, 2.75) is 37.9 Å². The first-order valence-electron chi connectivity index (χ1n) is 5.51. The molecule has 0 saturated carbocycles. The van der Waals surface area contributed by atoms with Gasteiger partial charge in [0.15, 0.2) is 0 Å². The average Bonchev–Trinajstić information content (AvgIpc) is 2.76. The monoisotopic (exact) mass is 257 g/mol. The van der Waals surface area contributed by atoms with Crippen LogP contribution in [0.25, 0.3) is 0 Å². The van der Waals surface area contributed by atoms with E-state index in [0.29, 0.717) is 0 Å². The number of hydrogen-bond acceptors (Lipinski definition) is 4. The highest BCUT2D eigenvalue weighted by Crippen LogP contribution is 2.37. The van der Waals surface area contributed by atoms with Crippen LogP contribution in [0.4, 0.5) is 0 Å². The molecule has 0 aromatic carbocycles. The second kappa shape index (κ2) is 5.19. The summed E-state index contributed by atoms with van der Waals surface area (Å²) < 4.78 is 0. The van der Waals surface area contributed by atoms with Crippen LogP contribution in [0.2, 0.25) is 0 Å². The quantitative estimate of drug-likeness (QED) is 0.824. The van der Waals surface area contributed by atoms with E-state index in [2.05, 4.69) is 11.9 Å². The van der Waals surface area contributed by atoms with Crippen LogP contribution in [-0.4, -0.2) is 21.8 Å². The van der Waals surface area contributed by atoms with Crippen molar-refractivity contribution in [2.24, 2.45) is 0 Å². The van der Waals surface area contributed by atoms with E-state index in [1.165, 1.54) is 11.3 Å². The largest absolute Gasteiger partial charge is 0.481 e. The Labute approximate surface area is 103 Å². The van der Waals surface area contributed by atoms with E-state index < -0.39 is 5.97 Å². The fraction of sp³-hybridized carbons (Fsp3) is 0.636. The van der Waals surface area contributed by atoms with Crippen LogP contribution >= 0.6 is 23.1 Å². The van der Waals surface area contributed by atoms with Crippen LogP contribution in [0, 0.1) is 0 Å². The van der Waals surface area contributed by atoms with Crippen molar-refractivity contribution in [3.8, 4) is 0 Å². The van der Waals surface area contributed by atoms with Crippen molar-refractivity contribution in [3.63, 3.8) is 0 Å². The first-order valence-corrected chi connectivity index (χ1v) is 7.48. The molecule has 88 valence electrons. The molecule has 0 fully saturated rings. The normalized spacial score (nSPS) is 18.7. The number of aliphatic carboxylic acids is 1. The predicted molar refractivity (Wildman–Crippen MR) is 67.3 cm³/mol. The highest BCUT2D eigenvalue weighted by atomic mass is 32.2. The number of hydrogen-bond donors (Lipinski definition) is 1. The number of fused-ring (bicyclic) bond motifs is 1. The molecule has 1 N–H and O–H groups in total. The molecule has 5 heteroatoms. The second-order valence-corrected chi connectivity index (χ2v) is 6.17. The lowest BCUT2D eigenvalue weighted by Crippen LogP contribution is -2.08. The Morgan fingerprint density at radius 2 is 2.50 bits per heavy atom. The Kier molecular flexibility index (Phi) is 3.86. The van der Waals surface area contributed by atoms with Crippen LogP contribution in [0.1, 0.15) is 41.3 Å². The number of aromatic nitrogens is 1. The van der Waals surface area contributed by atoms with Crippen molar-refractivity contribution >= 4 is 29.1 Å². The summed E-state index contributed by atoms with van der Waals surface area (Å²) in [6, 6.07) is 0. The van der Waals surface area contributed by atoms with Crippen LogP contribution in [-0.2, 0) is 17.0 Å². The van der Waals surface area contributed by atoms with E-state index >= 15 is 0 Å². The second-order valence-electron chi connectivity index (χ2n) is 3.90. The minimum absolute atomic E-state index is 0.351. The van der Waals surface area contributed by atoms with Gasteiger partial charge in [0.1, 0.15) is 10.9 Å². The number of carboxylic acids is 1. The van der Waals surface area contributed by atoms with E-state index in [4.69, 9.17) is 5.11 Å². The molecule has 1 aliphatic carbocycles. The third-order valence-electron chi connectivity index (χ3n) is 2.63. The van der Waals surface area contributed by atoms with E-state index in [0.717, 1.165) is 35.0 Å². The first kappa shape index (κ1) is 11.9. The fourth-order valence-corrected chi connectivity index (χ4v) is 3.98. The summed E-state index contributed by atoms with van der Waals surface area (Å²) in [6.45, 7) is 2.16. The zero-order chi connectivity index (χ0) is 11.5. The van der Waals surface area contributed by atoms with Gasteiger partial charge in [-0.2, -0.15) is 11.8 Å². The van der Waals surface area contributed by atoms with Crippen molar-refractivity contribution in [1.82, 2.24) is 4.98 Å². The van der Waals surface area contributed by atoms with Crippen molar-refractivity contribution < 1.29 is 9.90 Å². The Hall–Kier alpha value is -0.550. The maximum atomic E-state index is 11.0. The van der Waals surface area contributed by atoms with Gasteiger partial charge in [-0.3, -0.25) is 4.79 Å². The first-order chi connectivity index (χ1) is 7.72. The average molecular weight is 257 g/mol. The van der Waals surface area contributed by atoms with Gasteiger partial charge in [0.25, 0.3) is 0 Å². The zero-order valence-corrected chi connectivity index (χ0v) is 10.9. The Balaban J connectivity index is 2.04. The van der Waals surface area contributed by atoms with Crippen LogP contribution < -0.4 is 0 Å². The van der Waals surface area contributed by atoms with Crippen molar-refractivity contribution in [3.05, 3.63) is 15.6 Å². The topological polar surface area (TPSA) is 50.2 Å². The predicted octanol–water partition coefficient (Wildman–Crippen LogP) is 2.90. The summed E-state index contributed by atoms with van der Waals surface area (Å²) in [5.41, 5.74) is 0.838. The van der Waals surface area contributed by atoms with Crippen LogP contribution in [0.3, 0.4) is 0 Å². The highest BCUT2D eigenvalue weighted by molar-refractivity contribution is 7.98. The number of rotatable bonds is 5. The van der Waals surface area contributed by atoms with Crippen LogP contribution in [0.15, 0.2) is 0 Å². The summed E-state index contributed by atoms with van der Waals surface area (Å²) in [5, 5.41) is 10.1. The van der Waals surface area contributed by atoms with Gasteiger partial charge >= 0.3 is 5.97 Å². The van der Waals surface area contributed by atoms with Gasteiger partial charge in [0.05, 0.1) is 5.69 Å². The van der Waals surface area contributed by atoms with Gasteiger partial charge in [-0.05, 0) is 25.0 Å². The molecule has 2 rings (SSSR count). The third kappa shape index (κ3) is 2.40. The number of thioether (sulfide) groups is 1. The molecule has 1 atom stereocenters. The van der Waals surface area contributed by atoms with Gasteiger partial charge in [-0.1, -0.05) is 6.92 Å². The number of aryl methyl sites for hydroxylation is 1. The number of carbonyl (C=O) groups is 1. The third-order valence-corrected chi connectivity index (χ3v) is 5.12. The Morgan fingerprint density at radius 3 is 3.19 bits per heavy atom. The standard InChI is InChI=1S/C11H15NO2S2/c1-2-5-15-6-9-12-10-7(11(13)14)3-4-8(10)16-9/h7H,2-6H2,1H3,(H,13,14). The molecule has 1 aromatic heterocycles. The molecule has 0 aliphatic heterocycles. The molecule has 1 aromatic rings. The highest BCUT2D eigenvalue weighted by Gasteiger charge is 2.32. The number of carboxylic acid groups (broad SMARTS) is 1. The lowest BCUT2D eigenvalue weighted by Gasteiger charge is -2.01. The van der Waals surface area contributed by atoms with E-state index in [1.807, 2.05) is 11.8 Å². The maximum absolute atomic E-state index is 11.0. The van der Waals surface area contributed by atoms with Gasteiger partial charge in [-0.15, -0.1) is 11.3 Å². The van der Waals surface area contributed by atoms with Crippen LogP contribution in [0.5, 0.6) is 0 Å². The number of nitrogens with zero attached hydrogens (tertiary/aromatic N) is 1. The Bertz CT molecular complexity index is 389. The molecule has 3 nitrogen and oxygen atoms in total. The lowest BCUT2D eigenvalue weighted by atomic mass is 10.1. The molecule has 16 heavy (non-hydrogen) atoms. The molecular formula is C11H15NO2S2. The summed E-state index contributed by atoms with van der Waals surface area (Å²) in [5.74, 6) is 0.998. The molecule has 1 aliphatic rings. The van der Waals surface area contributed by atoms with Gasteiger partial charge < -0.3 is 5.11 Å². The fourth-order valence-electron chi connectivity index (χ4n) is 1.88. The van der Waals surface area contributed by atoms with E-state index in [1.54, 1.807) is 11.3 Å². The van der Waals surface area contributed by atoms with E-state index in [-0.39, 0.29) is 5.92 Å². The summed E-state index contributed by atoms with van der Waals surface area (Å²) >= 11 is 3.57. The minimum Gasteiger partial charge on any atom is -0.481 e. The van der Waals surface area contributed by atoms with Crippen molar-refractivity contribution in [1.29, 1.82) is 0 Å². The maximum Gasteiger partial charge on any atom is 0.312 e. The van der Waals surface area contributed by atoms with Crippen molar-refractivity contribution in [2.75, 3.05) is 5.75 Å². The molecule has 1 heterocycles. The Morgan fingerprint density at radius 1 is 1.69 bits per heavy atom. The molecule has 0 saturated heterocycles. The lowest BCUT2D eigenvalue weighted by molar-refractivity contribution is -0.138. The summed E-state index contributed by atoms with van der Waals surface area (Å²) in [4.78, 5) is 16.7. The smallest absolute Gasteiger partial charge is 0.312 e. The molecular weight excluding hydrogens is 242 g/mol. The number of thiazole rings is 1.